The number of nitrogens with one attached hydrogen (secondary N) is 1. The van der Waals surface area contributed by atoms with E-state index in [4.69, 9.17) is 16.3 Å². The summed E-state index contributed by atoms with van der Waals surface area (Å²) in [6.07, 6.45) is 1.23. The van der Waals surface area contributed by atoms with Crippen LogP contribution in [0, 0.1) is 0 Å². The maximum Gasteiger partial charge on any atom is 0.407 e. The number of carbonyl (C=O) groups is 1. The van der Waals surface area contributed by atoms with Crippen molar-refractivity contribution in [1.29, 1.82) is 0 Å². The van der Waals surface area contributed by atoms with Crippen molar-refractivity contribution in [1.82, 2.24) is 10.3 Å². The Kier molecular flexibility index (Phi) is 4.74. The van der Waals surface area contributed by atoms with Gasteiger partial charge in [0.1, 0.15) is 5.60 Å². The number of halogens is 2. The van der Waals surface area contributed by atoms with Crippen molar-refractivity contribution in [3.63, 3.8) is 0 Å². The predicted octanol–water partition coefficient (Wildman–Crippen LogP) is 4.68. The molecule has 6 heteroatoms. The van der Waals surface area contributed by atoms with Crippen LogP contribution in [0.4, 0.5) is 4.79 Å². The minimum Gasteiger partial charge on any atom is -0.444 e. The minimum atomic E-state index is -0.522. The number of hydrogen-bond acceptors (Lipinski definition) is 3. The van der Waals surface area contributed by atoms with Crippen molar-refractivity contribution in [3.8, 4) is 0 Å². The number of alkyl carbamates (subject to hydrolysis) is 1. The van der Waals surface area contributed by atoms with E-state index in [1.165, 1.54) is 0 Å². The van der Waals surface area contributed by atoms with E-state index in [9.17, 15) is 4.79 Å². The van der Waals surface area contributed by atoms with Crippen LogP contribution in [0.5, 0.6) is 0 Å². The Morgan fingerprint density at radius 1 is 1.48 bits per heavy atom. The standard InChI is InChI=1S/C15H16BrClN2O2/c1-15(2,3)21-14(20)19-8-9-7-11(17)13-10(12(9)16)5-4-6-18-13/h4-7H,8H2,1-3H3,(H,19,20). The molecule has 0 saturated carbocycles. The highest BCUT2D eigenvalue weighted by Crippen LogP contribution is 2.32. The summed E-state index contributed by atoms with van der Waals surface area (Å²) >= 11 is 9.77. The van der Waals surface area contributed by atoms with E-state index < -0.39 is 11.7 Å². The monoisotopic (exact) mass is 370 g/mol. The first-order valence-electron chi connectivity index (χ1n) is 6.46. The minimum absolute atomic E-state index is 0.319. The summed E-state index contributed by atoms with van der Waals surface area (Å²) in [4.78, 5) is 16.0. The Bertz CT molecular complexity index is 683. The molecule has 0 atom stereocenters. The Morgan fingerprint density at radius 3 is 2.86 bits per heavy atom. The Balaban J connectivity index is 2.20. The summed E-state index contributed by atoms with van der Waals surface area (Å²) < 4.78 is 6.07. The van der Waals surface area contributed by atoms with Gasteiger partial charge in [0.15, 0.2) is 0 Å². The van der Waals surface area contributed by atoms with Crippen molar-refractivity contribution >= 4 is 44.5 Å². The summed E-state index contributed by atoms with van der Waals surface area (Å²) in [7, 11) is 0. The highest BCUT2D eigenvalue weighted by atomic mass is 79.9. The molecule has 2 aromatic rings. The molecule has 0 fully saturated rings. The van der Waals surface area contributed by atoms with Crippen LogP contribution in [0.15, 0.2) is 28.9 Å². The fourth-order valence-electron chi connectivity index (χ4n) is 1.84. The number of pyridine rings is 1. The molecule has 0 aliphatic heterocycles. The lowest BCUT2D eigenvalue weighted by molar-refractivity contribution is 0.0523. The maximum atomic E-state index is 11.7. The molecule has 0 radical (unpaired) electrons. The first-order chi connectivity index (χ1) is 9.78. The number of carbonyl (C=O) groups excluding carboxylic acids is 1. The smallest absolute Gasteiger partial charge is 0.407 e. The number of hydrogen-bond donors (Lipinski definition) is 1. The molecule has 112 valence electrons. The fraction of sp³-hybridized carbons (Fsp3) is 0.333. The molecule has 0 spiro atoms. The quantitative estimate of drug-likeness (QED) is 0.834. The number of amides is 1. The molecule has 0 unspecified atom stereocenters. The number of aromatic nitrogens is 1. The molecule has 0 aliphatic carbocycles. The third-order valence-electron chi connectivity index (χ3n) is 2.68. The lowest BCUT2D eigenvalue weighted by atomic mass is 10.1. The van der Waals surface area contributed by atoms with Gasteiger partial charge in [0.05, 0.1) is 10.5 Å². The second kappa shape index (κ2) is 6.20. The third-order valence-corrected chi connectivity index (χ3v) is 3.90. The van der Waals surface area contributed by atoms with Gasteiger partial charge in [0.2, 0.25) is 0 Å². The molecule has 1 aromatic heterocycles. The zero-order chi connectivity index (χ0) is 15.6. The van der Waals surface area contributed by atoms with E-state index in [0.717, 1.165) is 20.9 Å². The van der Waals surface area contributed by atoms with Gasteiger partial charge >= 0.3 is 6.09 Å². The van der Waals surface area contributed by atoms with Gasteiger partial charge < -0.3 is 10.1 Å². The number of benzene rings is 1. The molecule has 21 heavy (non-hydrogen) atoms. The Labute approximate surface area is 137 Å². The number of rotatable bonds is 2. The molecule has 1 amide bonds. The summed E-state index contributed by atoms with van der Waals surface area (Å²) in [6, 6.07) is 5.56. The van der Waals surface area contributed by atoms with Crippen LogP contribution in [0.1, 0.15) is 26.3 Å². The van der Waals surface area contributed by atoms with Gasteiger partial charge in [0.25, 0.3) is 0 Å². The predicted molar refractivity (Wildman–Crippen MR) is 87.5 cm³/mol. The van der Waals surface area contributed by atoms with Gasteiger partial charge in [-0.3, -0.25) is 4.98 Å². The van der Waals surface area contributed by atoms with Crippen molar-refractivity contribution < 1.29 is 9.53 Å². The largest absolute Gasteiger partial charge is 0.444 e. The third kappa shape index (κ3) is 4.08. The van der Waals surface area contributed by atoms with Crippen LogP contribution in [-0.2, 0) is 11.3 Å². The first kappa shape index (κ1) is 16.0. The van der Waals surface area contributed by atoms with Crippen LogP contribution in [-0.4, -0.2) is 16.7 Å². The molecule has 0 saturated heterocycles. The van der Waals surface area contributed by atoms with Gasteiger partial charge in [-0.05, 0) is 54.4 Å². The van der Waals surface area contributed by atoms with E-state index in [1.54, 1.807) is 12.3 Å². The lowest BCUT2D eigenvalue weighted by Gasteiger charge is -2.20. The molecule has 1 N–H and O–H groups in total. The molecular weight excluding hydrogens is 356 g/mol. The average Bonchev–Trinajstić information content (AvgIpc) is 2.39. The summed E-state index contributed by atoms with van der Waals surface area (Å²) in [6.45, 7) is 5.78. The lowest BCUT2D eigenvalue weighted by Crippen LogP contribution is -2.32. The van der Waals surface area contributed by atoms with Crippen molar-refractivity contribution in [3.05, 3.63) is 39.5 Å². The normalized spacial score (nSPS) is 11.5. The summed E-state index contributed by atoms with van der Waals surface area (Å²) in [5.74, 6) is 0. The maximum absolute atomic E-state index is 11.7. The molecule has 2 rings (SSSR count). The highest BCUT2D eigenvalue weighted by molar-refractivity contribution is 9.10. The Hall–Kier alpha value is -1.33. The van der Waals surface area contributed by atoms with Crippen LogP contribution in [0.2, 0.25) is 5.02 Å². The number of fused-ring (bicyclic) bond motifs is 1. The van der Waals surface area contributed by atoms with E-state index in [0.29, 0.717) is 11.6 Å². The van der Waals surface area contributed by atoms with Crippen LogP contribution in [0.25, 0.3) is 10.9 Å². The topological polar surface area (TPSA) is 51.2 Å². The van der Waals surface area contributed by atoms with Crippen LogP contribution < -0.4 is 5.32 Å². The van der Waals surface area contributed by atoms with Crippen molar-refractivity contribution in [2.75, 3.05) is 0 Å². The molecule has 0 aliphatic rings. The molecule has 4 nitrogen and oxygen atoms in total. The van der Waals surface area contributed by atoms with E-state index in [1.807, 2.05) is 32.9 Å². The average molecular weight is 372 g/mol. The van der Waals surface area contributed by atoms with Crippen LogP contribution >= 0.6 is 27.5 Å². The van der Waals surface area contributed by atoms with Gasteiger partial charge in [-0.15, -0.1) is 0 Å². The summed E-state index contributed by atoms with van der Waals surface area (Å²) in [5, 5.41) is 4.18. The van der Waals surface area contributed by atoms with Gasteiger partial charge in [-0.25, -0.2) is 4.79 Å². The molecule has 1 aromatic carbocycles. The molecule has 1 heterocycles. The van der Waals surface area contributed by atoms with Crippen molar-refractivity contribution in [2.24, 2.45) is 0 Å². The fourth-order valence-corrected chi connectivity index (χ4v) is 2.70. The van der Waals surface area contributed by atoms with Gasteiger partial charge in [0, 0.05) is 22.6 Å². The molecular formula is C15H16BrClN2O2. The van der Waals surface area contributed by atoms with Crippen LogP contribution in [0.3, 0.4) is 0 Å². The zero-order valence-corrected chi connectivity index (χ0v) is 14.4. The summed E-state index contributed by atoms with van der Waals surface area (Å²) in [5.41, 5.74) is 1.07. The zero-order valence-electron chi connectivity index (χ0n) is 12.0. The number of nitrogens with zero attached hydrogens (tertiary/aromatic N) is 1. The number of ether oxygens (including phenoxy) is 1. The van der Waals surface area contributed by atoms with E-state index >= 15 is 0 Å². The van der Waals surface area contributed by atoms with Gasteiger partial charge in [-0.2, -0.15) is 0 Å². The Morgan fingerprint density at radius 2 is 2.19 bits per heavy atom. The van der Waals surface area contributed by atoms with E-state index in [2.05, 4.69) is 26.2 Å². The second-order valence-corrected chi connectivity index (χ2v) is 6.79. The highest BCUT2D eigenvalue weighted by Gasteiger charge is 2.17. The van der Waals surface area contributed by atoms with Crippen molar-refractivity contribution in [2.45, 2.75) is 32.9 Å². The first-order valence-corrected chi connectivity index (χ1v) is 7.63. The van der Waals surface area contributed by atoms with E-state index in [-0.39, 0.29) is 0 Å². The SMILES string of the molecule is CC(C)(C)OC(=O)NCc1cc(Cl)c2ncccc2c1Br. The second-order valence-electron chi connectivity index (χ2n) is 5.59. The van der Waals surface area contributed by atoms with Gasteiger partial charge in [-0.1, -0.05) is 17.7 Å². The molecule has 0 bridgehead atoms.